The van der Waals surface area contributed by atoms with E-state index in [4.69, 9.17) is 9.94 Å². The number of para-hydroxylation sites is 1. The fourth-order valence-corrected chi connectivity index (χ4v) is 3.14. The van der Waals surface area contributed by atoms with E-state index in [9.17, 15) is 9.59 Å². The maximum absolute atomic E-state index is 12.5. The third-order valence-electron chi connectivity index (χ3n) is 4.92. The van der Waals surface area contributed by atoms with Crippen molar-refractivity contribution < 1.29 is 19.5 Å². The molecule has 0 unspecified atom stereocenters. The number of hydrogen-bond donors (Lipinski definition) is 3. The Bertz CT molecular complexity index is 1030. The van der Waals surface area contributed by atoms with Gasteiger partial charge in [-0.2, -0.15) is 0 Å². The first-order valence-electron chi connectivity index (χ1n) is 10.4. The average molecular weight is 421 g/mol. The highest BCUT2D eigenvalue weighted by Crippen LogP contribution is 2.25. The SMILES string of the molecule is Cc1ccc(COc2cccc3ccc(C(=O)NCCCCCC(=O)NO)nc23)cc1. The minimum atomic E-state index is -0.398. The van der Waals surface area contributed by atoms with Gasteiger partial charge in [0.2, 0.25) is 5.91 Å². The molecule has 0 aliphatic carbocycles. The number of rotatable bonds is 10. The molecule has 3 aromatic rings. The molecule has 162 valence electrons. The zero-order valence-corrected chi connectivity index (χ0v) is 17.6. The highest BCUT2D eigenvalue weighted by Gasteiger charge is 2.11. The van der Waals surface area contributed by atoms with E-state index in [2.05, 4.69) is 10.3 Å². The minimum Gasteiger partial charge on any atom is -0.487 e. The van der Waals surface area contributed by atoms with Crippen LogP contribution >= 0.6 is 0 Å². The first-order chi connectivity index (χ1) is 15.1. The fraction of sp³-hybridized carbons (Fsp3) is 0.292. The van der Waals surface area contributed by atoms with Crippen molar-refractivity contribution in [2.75, 3.05) is 6.54 Å². The van der Waals surface area contributed by atoms with Gasteiger partial charge in [0.15, 0.2) is 0 Å². The summed E-state index contributed by atoms with van der Waals surface area (Å²) in [6.45, 7) is 2.96. The van der Waals surface area contributed by atoms with Crippen LogP contribution in [0.5, 0.6) is 5.75 Å². The number of hydroxylamine groups is 1. The maximum Gasteiger partial charge on any atom is 0.269 e. The Morgan fingerprint density at radius 3 is 2.58 bits per heavy atom. The van der Waals surface area contributed by atoms with Gasteiger partial charge in [0.25, 0.3) is 5.91 Å². The van der Waals surface area contributed by atoms with Crippen molar-refractivity contribution in [1.82, 2.24) is 15.8 Å². The minimum absolute atomic E-state index is 0.247. The molecule has 0 spiro atoms. The largest absolute Gasteiger partial charge is 0.487 e. The monoisotopic (exact) mass is 421 g/mol. The first-order valence-corrected chi connectivity index (χ1v) is 10.4. The molecule has 1 heterocycles. The van der Waals surface area contributed by atoms with Gasteiger partial charge in [-0.25, -0.2) is 10.5 Å². The van der Waals surface area contributed by atoms with Crippen LogP contribution in [0.4, 0.5) is 0 Å². The summed E-state index contributed by atoms with van der Waals surface area (Å²) < 4.78 is 5.99. The van der Waals surface area contributed by atoms with E-state index in [0.717, 1.165) is 23.8 Å². The average Bonchev–Trinajstić information content (AvgIpc) is 2.80. The Balaban J connectivity index is 1.59. The molecule has 7 heteroatoms. The molecule has 31 heavy (non-hydrogen) atoms. The number of ether oxygens (including phenoxy) is 1. The van der Waals surface area contributed by atoms with Crippen molar-refractivity contribution in [3.8, 4) is 5.75 Å². The lowest BCUT2D eigenvalue weighted by Gasteiger charge is -2.10. The summed E-state index contributed by atoms with van der Waals surface area (Å²) in [5.41, 5.74) is 4.85. The van der Waals surface area contributed by atoms with E-state index < -0.39 is 5.91 Å². The molecule has 0 aliphatic heterocycles. The molecule has 0 saturated carbocycles. The lowest BCUT2D eigenvalue weighted by molar-refractivity contribution is -0.129. The molecule has 0 fully saturated rings. The molecule has 2 aromatic carbocycles. The van der Waals surface area contributed by atoms with Crippen LogP contribution in [0.1, 0.15) is 47.3 Å². The normalized spacial score (nSPS) is 10.6. The van der Waals surface area contributed by atoms with Crippen LogP contribution < -0.4 is 15.5 Å². The highest BCUT2D eigenvalue weighted by molar-refractivity contribution is 5.95. The number of nitrogens with one attached hydrogen (secondary N) is 2. The summed E-state index contributed by atoms with van der Waals surface area (Å²) in [5.74, 6) is -0.0111. The summed E-state index contributed by atoms with van der Waals surface area (Å²) in [6.07, 6.45) is 2.43. The number of benzene rings is 2. The third kappa shape index (κ3) is 6.52. The number of hydrogen-bond acceptors (Lipinski definition) is 5. The summed E-state index contributed by atoms with van der Waals surface area (Å²) in [4.78, 5) is 28.0. The van der Waals surface area contributed by atoms with Crippen LogP contribution in [-0.2, 0) is 11.4 Å². The summed E-state index contributed by atoms with van der Waals surface area (Å²) in [7, 11) is 0. The number of aromatic nitrogens is 1. The Hall–Kier alpha value is -3.45. The molecule has 0 aliphatic rings. The predicted molar refractivity (Wildman–Crippen MR) is 118 cm³/mol. The van der Waals surface area contributed by atoms with Crippen molar-refractivity contribution in [1.29, 1.82) is 0 Å². The number of unbranched alkanes of at least 4 members (excludes halogenated alkanes) is 2. The second-order valence-corrected chi connectivity index (χ2v) is 7.40. The number of pyridine rings is 1. The van der Waals surface area contributed by atoms with Crippen LogP contribution in [0.25, 0.3) is 10.9 Å². The van der Waals surface area contributed by atoms with Gasteiger partial charge < -0.3 is 10.1 Å². The van der Waals surface area contributed by atoms with Crippen molar-refractivity contribution in [2.24, 2.45) is 0 Å². The summed E-state index contributed by atoms with van der Waals surface area (Å²) in [6, 6.07) is 17.4. The maximum atomic E-state index is 12.5. The third-order valence-corrected chi connectivity index (χ3v) is 4.92. The van der Waals surface area contributed by atoms with Crippen molar-refractivity contribution in [3.05, 3.63) is 71.4 Å². The van der Waals surface area contributed by atoms with Crippen LogP contribution in [0.3, 0.4) is 0 Å². The van der Waals surface area contributed by atoms with E-state index in [1.165, 1.54) is 5.56 Å². The molecule has 1 aromatic heterocycles. The number of nitrogens with zero attached hydrogens (tertiary/aromatic N) is 1. The van der Waals surface area contributed by atoms with Crippen molar-refractivity contribution in [2.45, 2.75) is 39.2 Å². The molecule has 0 saturated heterocycles. The lowest BCUT2D eigenvalue weighted by atomic mass is 10.1. The van der Waals surface area contributed by atoms with Crippen molar-refractivity contribution in [3.63, 3.8) is 0 Å². The molecule has 0 bridgehead atoms. The second-order valence-electron chi connectivity index (χ2n) is 7.40. The van der Waals surface area contributed by atoms with E-state index in [0.29, 0.717) is 36.5 Å². The smallest absolute Gasteiger partial charge is 0.269 e. The quantitative estimate of drug-likeness (QED) is 0.262. The van der Waals surface area contributed by atoms with Gasteiger partial charge in [0, 0.05) is 18.4 Å². The number of carbonyl (C=O) groups is 2. The number of carbonyl (C=O) groups excluding carboxylic acids is 2. The standard InChI is InChI=1S/C24H27N3O4/c1-17-9-11-18(12-10-17)16-31-21-7-5-6-19-13-14-20(26-23(19)21)24(29)25-15-4-2-3-8-22(28)27-30/h5-7,9-14,30H,2-4,8,15-16H2,1H3,(H,25,29)(H,27,28). The topological polar surface area (TPSA) is 101 Å². The zero-order chi connectivity index (χ0) is 22.1. The molecule has 3 N–H and O–H groups in total. The zero-order valence-electron chi connectivity index (χ0n) is 17.6. The first kappa shape index (κ1) is 22.2. The van der Waals surface area contributed by atoms with Gasteiger partial charge in [-0.05, 0) is 37.5 Å². The van der Waals surface area contributed by atoms with E-state index in [-0.39, 0.29) is 12.3 Å². The van der Waals surface area contributed by atoms with Gasteiger partial charge in [-0.1, -0.05) is 54.4 Å². The molecule has 2 amide bonds. The molecule has 3 rings (SSSR count). The van der Waals surface area contributed by atoms with Gasteiger partial charge in [0.05, 0.1) is 0 Å². The second kappa shape index (κ2) is 11.1. The van der Waals surface area contributed by atoms with Crippen LogP contribution in [0, 0.1) is 6.92 Å². The van der Waals surface area contributed by atoms with E-state index in [1.807, 2.05) is 55.5 Å². The van der Waals surface area contributed by atoms with Gasteiger partial charge >= 0.3 is 0 Å². The van der Waals surface area contributed by atoms with Crippen LogP contribution in [0.15, 0.2) is 54.6 Å². The van der Waals surface area contributed by atoms with Gasteiger partial charge in [-0.3, -0.25) is 14.8 Å². The van der Waals surface area contributed by atoms with Crippen LogP contribution in [-0.4, -0.2) is 28.6 Å². The Kier molecular flexibility index (Phi) is 7.95. The number of fused-ring (bicyclic) bond motifs is 1. The molecule has 0 radical (unpaired) electrons. The lowest BCUT2D eigenvalue weighted by Crippen LogP contribution is -2.25. The predicted octanol–water partition coefficient (Wildman–Crippen LogP) is 3.92. The van der Waals surface area contributed by atoms with Crippen LogP contribution in [0.2, 0.25) is 0 Å². The Labute approximate surface area is 181 Å². The number of amides is 2. The van der Waals surface area contributed by atoms with Gasteiger partial charge in [-0.15, -0.1) is 0 Å². The van der Waals surface area contributed by atoms with E-state index >= 15 is 0 Å². The van der Waals surface area contributed by atoms with Crippen molar-refractivity contribution >= 4 is 22.7 Å². The number of aryl methyl sites for hydroxylation is 1. The molecule has 0 atom stereocenters. The molecular weight excluding hydrogens is 394 g/mol. The summed E-state index contributed by atoms with van der Waals surface area (Å²) >= 11 is 0. The Morgan fingerprint density at radius 2 is 1.81 bits per heavy atom. The van der Waals surface area contributed by atoms with Gasteiger partial charge in [0.1, 0.15) is 23.6 Å². The van der Waals surface area contributed by atoms with E-state index in [1.54, 1.807) is 11.5 Å². The highest BCUT2D eigenvalue weighted by atomic mass is 16.5. The fourth-order valence-electron chi connectivity index (χ4n) is 3.14. The molecular formula is C24H27N3O4. The Morgan fingerprint density at radius 1 is 1.00 bits per heavy atom. The summed E-state index contributed by atoms with van der Waals surface area (Å²) in [5, 5.41) is 12.2. The molecule has 7 nitrogen and oxygen atoms in total.